The van der Waals surface area contributed by atoms with Crippen LogP contribution in [0.5, 0.6) is 0 Å². The van der Waals surface area contributed by atoms with E-state index in [-0.39, 0.29) is 59.6 Å². The smallest absolute Gasteiger partial charge is 0.309 e. The lowest BCUT2D eigenvalue weighted by atomic mass is 9.97. The molecule has 0 bridgehead atoms. The first-order valence-corrected chi connectivity index (χ1v) is 12.1. The van der Waals surface area contributed by atoms with Crippen molar-refractivity contribution in [2.24, 2.45) is 5.92 Å². The van der Waals surface area contributed by atoms with Gasteiger partial charge in [0.15, 0.2) is 0 Å². The summed E-state index contributed by atoms with van der Waals surface area (Å²) in [4.78, 5) is 67.3. The molecule has 10 heteroatoms. The van der Waals surface area contributed by atoms with E-state index in [1.807, 2.05) is 0 Å². The van der Waals surface area contributed by atoms with Gasteiger partial charge >= 0.3 is 5.97 Å². The van der Waals surface area contributed by atoms with Crippen LogP contribution in [0.25, 0.3) is 0 Å². The summed E-state index contributed by atoms with van der Waals surface area (Å²) in [6, 6.07) is 4.43. The summed E-state index contributed by atoms with van der Waals surface area (Å²) in [7, 11) is 1.52. The van der Waals surface area contributed by atoms with Gasteiger partial charge in [-0.05, 0) is 50.8 Å². The summed E-state index contributed by atoms with van der Waals surface area (Å²) in [6.45, 7) is 3.66. The first-order chi connectivity index (χ1) is 16.8. The molecule has 35 heavy (non-hydrogen) atoms. The molecule has 0 N–H and O–H groups in total. The number of imide groups is 1. The Bertz CT molecular complexity index is 1030. The Hall–Kier alpha value is -3.27. The summed E-state index contributed by atoms with van der Waals surface area (Å²) >= 11 is 0. The van der Waals surface area contributed by atoms with Gasteiger partial charge in [0.1, 0.15) is 0 Å². The van der Waals surface area contributed by atoms with E-state index in [2.05, 4.69) is 0 Å². The Balaban J connectivity index is 1.35. The van der Waals surface area contributed by atoms with Crippen molar-refractivity contribution in [2.45, 2.75) is 38.7 Å². The highest BCUT2D eigenvalue weighted by atomic mass is 16.5. The molecule has 0 aliphatic carbocycles. The molecule has 3 aliphatic heterocycles. The third-order valence-electron chi connectivity index (χ3n) is 6.81. The van der Waals surface area contributed by atoms with E-state index >= 15 is 0 Å². The van der Waals surface area contributed by atoms with Crippen LogP contribution >= 0.6 is 0 Å². The molecule has 3 aliphatic rings. The van der Waals surface area contributed by atoms with E-state index < -0.39 is 11.8 Å². The van der Waals surface area contributed by atoms with E-state index in [0.29, 0.717) is 39.1 Å². The average Bonchev–Trinajstić information content (AvgIpc) is 3.46. The maximum atomic E-state index is 13.0. The number of hydrogen-bond acceptors (Lipinski definition) is 7. The highest BCUT2D eigenvalue weighted by molar-refractivity contribution is 6.22. The van der Waals surface area contributed by atoms with Gasteiger partial charge in [-0.2, -0.15) is 0 Å². The Morgan fingerprint density at radius 1 is 1.09 bits per heavy atom. The number of rotatable bonds is 7. The van der Waals surface area contributed by atoms with Crippen molar-refractivity contribution < 1.29 is 33.4 Å². The quantitative estimate of drug-likeness (QED) is 0.423. The fourth-order valence-electron chi connectivity index (χ4n) is 4.80. The zero-order valence-electron chi connectivity index (χ0n) is 20.2. The number of ether oxygens (including phenoxy) is 2. The molecule has 1 atom stereocenters. The van der Waals surface area contributed by atoms with Crippen LogP contribution < -0.4 is 0 Å². The van der Waals surface area contributed by atoms with Crippen molar-refractivity contribution in [1.29, 1.82) is 0 Å². The summed E-state index contributed by atoms with van der Waals surface area (Å²) < 4.78 is 10.6. The first-order valence-electron chi connectivity index (χ1n) is 12.1. The number of esters is 1. The molecule has 1 unspecified atom stereocenters. The molecule has 4 amide bonds. The number of amides is 4. The molecule has 10 nitrogen and oxygen atoms in total. The lowest BCUT2D eigenvalue weighted by Gasteiger charge is -2.32. The van der Waals surface area contributed by atoms with E-state index in [0.717, 1.165) is 12.8 Å². The van der Waals surface area contributed by atoms with Gasteiger partial charge in [0.25, 0.3) is 17.7 Å². The predicted octanol–water partition coefficient (Wildman–Crippen LogP) is 1.34. The molecule has 4 rings (SSSR count). The van der Waals surface area contributed by atoms with Crippen molar-refractivity contribution in [3.63, 3.8) is 0 Å². The fraction of sp³-hybridized carbons (Fsp3) is 0.560. The minimum atomic E-state index is -0.432. The second-order valence-corrected chi connectivity index (χ2v) is 9.18. The minimum Gasteiger partial charge on any atom is -0.466 e. The second-order valence-electron chi connectivity index (χ2n) is 9.18. The third kappa shape index (κ3) is 5.22. The standard InChI is InChI=1S/C25H31N3O7/c1-3-34-25(33)16-8-10-27(11-9-16)21(29)15-26(2)22(30)17-6-7-19-20(13-17)24(32)28(23(19)31)14-18-5-4-12-35-18/h6-7,13,16,18H,3-5,8-12,14-15H2,1-2H3. The number of carbonyl (C=O) groups excluding carboxylic acids is 5. The van der Waals surface area contributed by atoms with Crippen molar-refractivity contribution >= 4 is 29.6 Å². The molecule has 1 aromatic rings. The minimum absolute atomic E-state index is 0.127. The van der Waals surface area contributed by atoms with Gasteiger partial charge in [-0.25, -0.2) is 0 Å². The van der Waals surface area contributed by atoms with E-state index in [1.165, 1.54) is 35.0 Å². The van der Waals surface area contributed by atoms with Crippen LogP contribution in [0.1, 0.15) is 63.7 Å². The molecule has 0 radical (unpaired) electrons. The largest absolute Gasteiger partial charge is 0.466 e. The molecule has 1 aromatic carbocycles. The van der Waals surface area contributed by atoms with Gasteiger partial charge in [0.05, 0.1) is 42.8 Å². The monoisotopic (exact) mass is 485 g/mol. The number of nitrogens with zero attached hydrogens (tertiary/aromatic N) is 3. The number of benzene rings is 1. The second kappa shape index (κ2) is 10.6. The Morgan fingerprint density at radius 2 is 1.80 bits per heavy atom. The van der Waals surface area contributed by atoms with E-state index in [1.54, 1.807) is 11.8 Å². The van der Waals surface area contributed by atoms with Crippen LogP contribution in [0, 0.1) is 5.92 Å². The number of fused-ring (bicyclic) bond motifs is 1. The number of likely N-dealkylation sites (tertiary alicyclic amines) is 1. The number of hydrogen-bond donors (Lipinski definition) is 0. The molecular weight excluding hydrogens is 454 g/mol. The highest BCUT2D eigenvalue weighted by Gasteiger charge is 2.38. The van der Waals surface area contributed by atoms with Crippen LogP contribution in [0.4, 0.5) is 0 Å². The number of likely N-dealkylation sites (N-methyl/N-ethyl adjacent to an activating group) is 1. The predicted molar refractivity (Wildman–Crippen MR) is 124 cm³/mol. The summed E-state index contributed by atoms with van der Waals surface area (Å²) in [5, 5.41) is 0. The van der Waals surface area contributed by atoms with Gasteiger partial charge in [-0.3, -0.25) is 28.9 Å². The van der Waals surface area contributed by atoms with Gasteiger partial charge < -0.3 is 19.3 Å². The molecule has 0 saturated carbocycles. The Labute approximate surface area is 204 Å². The maximum Gasteiger partial charge on any atom is 0.309 e. The van der Waals surface area contributed by atoms with Crippen LogP contribution in [0.2, 0.25) is 0 Å². The molecule has 2 saturated heterocycles. The molecule has 0 aromatic heterocycles. The van der Waals surface area contributed by atoms with Gasteiger partial charge in [0.2, 0.25) is 5.91 Å². The fourth-order valence-corrected chi connectivity index (χ4v) is 4.80. The van der Waals surface area contributed by atoms with Crippen molar-refractivity contribution in [3.05, 3.63) is 34.9 Å². The summed E-state index contributed by atoms with van der Waals surface area (Å²) in [5.41, 5.74) is 0.701. The van der Waals surface area contributed by atoms with Gasteiger partial charge in [-0.1, -0.05) is 0 Å². The van der Waals surface area contributed by atoms with Gasteiger partial charge in [-0.15, -0.1) is 0 Å². The molecule has 2 fully saturated rings. The summed E-state index contributed by atoms with van der Waals surface area (Å²) in [5.74, 6) is -1.87. The zero-order valence-corrected chi connectivity index (χ0v) is 20.2. The Kier molecular flexibility index (Phi) is 7.49. The van der Waals surface area contributed by atoms with E-state index in [4.69, 9.17) is 9.47 Å². The average molecular weight is 486 g/mol. The normalized spacial score (nSPS) is 20.2. The van der Waals surface area contributed by atoms with Gasteiger partial charge in [0, 0.05) is 32.3 Å². The molecular formula is C25H31N3O7. The highest BCUT2D eigenvalue weighted by Crippen LogP contribution is 2.26. The van der Waals surface area contributed by atoms with E-state index in [9.17, 15) is 24.0 Å². The van der Waals surface area contributed by atoms with Crippen molar-refractivity contribution in [1.82, 2.24) is 14.7 Å². The van der Waals surface area contributed by atoms with Crippen LogP contribution in [-0.2, 0) is 19.1 Å². The maximum absolute atomic E-state index is 13.0. The van der Waals surface area contributed by atoms with Crippen molar-refractivity contribution in [3.8, 4) is 0 Å². The molecule has 0 spiro atoms. The van der Waals surface area contributed by atoms with Crippen LogP contribution in [0.3, 0.4) is 0 Å². The SMILES string of the molecule is CCOC(=O)C1CCN(C(=O)CN(C)C(=O)c2ccc3c(c2)C(=O)N(CC2CCCO2)C3=O)CC1. The van der Waals surface area contributed by atoms with Crippen molar-refractivity contribution in [2.75, 3.05) is 46.4 Å². The van der Waals surface area contributed by atoms with Crippen LogP contribution in [-0.4, -0.2) is 96.8 Å². The summed E-state index contributed by atoms with van der Waals surface area (Å²) in [6.07, 6.45) is 2.62. The number of piperidine rings is 1. The lowest BCUT2D eigenvalue weighted by Crippen LogP contribution is -2.45. The topological polar surface area (TPSA) is 114 Å². The third-order valence-corrected chi connectivity index (χ3v) is 6.81. The number of carbonyl (C=O) groups is 5. The molecule has 3 heterocycles. The zero-order chi connectivity index (χ0) is 25.1. The lowest BCUT2D eigenvalue weighted by molar-refractivity contribution is -0.151. The molecule has 188 valence electrons. The Morgan fingerprint density at radius 3 is 2.46 bits per heavy atom. The first kappa shape index (κ1) is 24.8. The van der Waals surface area contributed by atoms with Crippen LogP contribution in [0.15, 0.2) is 18.2 Å².